The summed E-state index contributed by atoms with van der Waals surface area (Å²) in [5.74, 6) is 0. The van der Waals surface area contributed by atoms with Crippen LogP contribution in [0.2, 0.25) is 0 Å². The van der Waals surface area contributed by atoms with Gasteiger partial charge in [0.1, 0.15) is 0 Å². The number of hydrazone groups is 1. The fourth-order valence-corrected chi connectivity index (χ4v) is 2.26. The van der Waals surface area contributed by atoms with Crippen molar-refractivity contribution < 1.29 is 0 Å². The van der Waals surface area contributed by atoms with Crippen LogP contribution in [0.25, 0.3) is 11.1 Å². The molecule has 0 aromatic heterocycles. The topological polar surface area (TPSA) is 24.4 Å². The van der Waals surface area contributed by atoms with E-state index in [-0.39, 0.29) is 0 Å². The first-order valence-corrected chi connectivity index (χ1v) is 7.34. The maximum atomic E-state index is 4.43. The fraction of sp³-hybridized carbons (Fsp3) is 0.0500. The van der Waals surface area contributed by atoms with E-state index < -0.39 is 0 Å². The van der Waals surface area contributed by atoms with Crippen molar-refractivity contribution in [1.29, 1.82) is 0 Å². The van der Waals surface area contributed by atoms with E-state index in [0.717, 1.165) is 17.0 Å². The molecule has 0 aliphatic heterocycles. The molecule has 0 heterocycles. The molecule has 3 aromatic rings. The predicted molar refractivity (Wildman–Crippen MR) is 94.2 cm³/mol. The highest BCUT2D eigenvalue weighted by Gasteiger charge is 1.98. The Kier molecular flexibility index (Phi) is 4.30. The third kappa shape index (κ3) is 3.41. The van der Waals surface area contributed by atoms with E-state index in [0.29, 0.717) is 0 Å². The van der Waals surface area contributed by atoms with Gasteiger partial charge in [-0.25, -0.2) is 0 Å². The van der Waals surface area contributed by atoms with E-state index in [1.54, 1.807) is 0 Å². The third-order valence-corrected chi connectivity index (χ3v) is 3.54. The van der Waals surface area contributed by atoms with Crippen molar-refractivity contribution in [2.24, 2.45) is 5.10 Å². The number of hydrogen-bond acceptors (Lipinski definition) is 2. The van der Waals surface area contributed by atoms with Crippen molar-refractivity contribution in [2.75, 3.05) is 5.43 Å². The maximum Gasteiger partial charge on any atom is 0.0648 e. The van der Waals surface area contributed by atoms with Gasteiger partial charge < -0.3 is 0 Å². The highest BCUT2D eigenvalue weighted by Crippen LogP contribution is 2.21. The average Bonchev–Trinajstić information content (AvgIpc) is 2.61. The molecule has 2 nitrogen and oxygen atoms in total. The zero-order chi connectivity index (χ0) is 15.2. The Morgan fingerprint density at radius 2 is 1.23 bits per heavy atom. The summed E-state index contributed by atoms with van der Waals surface area (Å²) in [4.78, 5) is 0. The summed E-state index contributed by atoms with van der Waals surface area (Å²) >= 11 is 0. The van der Waals surface area contributed by atoms with Gasteiger partial charge in [-0.1, -0.05) is 72.8 Å². The molecule has 0 aliphatic carbocycles. The highest BCUT2D eigenvalue weighted by atomic mass is 15.3. The van der Waals surface area contributed by atoms with Crippen LogP contribution in [-0.4, -0.2) is 5.71 Å². The van der Waals surface area contributed by atoms with Crippen molar-refractivity contribution in [3.63, 3.8) is 0 Å². The lowest BCUT2D eigenvalue weighted by molar-refractivity contribution is 1.32. The Morgan fingerprint density at radius 1 is 0.682 bits per heavy atom. The summed E-state index contributed by atoms with van der Waals surface area (Å²) in [6, 6.07) is 28.8. The second-order valence-corrected chi connectivity index (χ2v) is 5.12. The van der Waals surface area contributed by atoms with Gasteiger partial charge in [0.2, 0.25) is 0 Å². The van der Waals surface area contributed by atoms with Crippen molar-refractivity contribution >= 4 is 11.4 Å². The molecular formula is C20H18N2. The molecule has 0 spiro atoms. The maximum absolute atomic E-state index is 4.43. The van der Waals surface area contributed by atoms with Crippen LogP contribution in [0, 0.1) is 0 Å². The highest BCUT2D eigenvalue weighted by molar-refractivity contribution is 5.99. The van der Waals surface area contributed by atoms with Gasteiger partial charge in [0.25, 0.3) is 0 Å². The molecular weight excluding hydrogens is 268 g/mol. The van der Waals surface area contributed by atoms with E-state index in [1.165, 1.54) is 11.1 Å². The van der Waals surface area contributed by atoms with Gasteiger partial charge >= 0.3 is 0 Å². The molecule has 0 unspecified atom stereocenters. The van der Waals surface area contributed by atoms with Crippen molar-refractivity contribution in [3.05, 3.63) is 90.5 Å². The summed E-state index contributed by atoms with van der Waals surface area (Å²) < 4.78 is 0. The Hall–Kier alpha value is -2.87. The number of benzene rings is 3. The van der Waals surface area contributed by atoms with Crippen molar-refractivity contribution in [3.8, 4) is 11.1 Å². The van der Waals surface area contributed by atoms with Crippen LogP contribution in [0.3, 0.4) is 0 Å². The second kappa shape index (κ2) is 6.72. The summed E-state index contributed by atoms with van der Waals surface area (Å²) in [5, 5.41) is 4.43. The molecule has 0 aliphatic rings. The molecule has 0 saturated carbocycles. The summed E-state index contributed by atoms with van der Waals surface area (Å²) in [7, 11) is 0. The lowest BCUT2D eigenvalue weighted by atomic mass is 10.1. The SMILES string of the molecule is CC(=NNc1ccc(-c2ccccc2)cc1)c1ccccc1. The molecule has 0 bridgehead atoms. The molecule has 0 amide bonds. The molecule has 2 heteroatoms. The first kappa shape index (κ1) is 14.1. The van der Waals surface area contributed by atoms with Crippen LogP contribution < -0.4 is 5.43 Å². The zero-order valence-corrected chi connectivity index (χ0v) is 12.5. The molecule has 0 radical (unpaired) electrons. The van der Waals surface area contributed by atoms with Gasteiger partial charge in [0, 0.05) is 0 Å². The lowest BCUT2D eigenvalue weighted by Crippen LogP contribution is -1.99. The number of rotatable bonds is 4. The normalized spacial score (nSPS) is 11.2. The molecule has 0 atom stereocenters. The average molecular weight is 286 g/mol. The predicted octanol–water partition coefficient (Wildman–Crippen LogP) is 5.19. The van der Waals surface area contributed by atoms with E-state index >= 15 is 0 Å². The van der Waals surface area contributed by atoms with Crippen molar-refractivity contribution in [1.82, 2.24) is 0 Å². The molecule has 0 fully saturated rings. The Balaban J connectivity index is 1.72. The Morgan fingerprint density at radius 3 is 1.86 bits per heavy atom. The molecule has 3 rings (SSSR count). The van der Waals surface area contributed by atoms with E-state index in [4.69, 9.17) is 0 Å². The molecule has 22 heavy (non-hydrogen) atoms. The minimum atomic E-state index is 0.965. The van der Waals surface area contributed by atoms with E-state index in [9.17, 15) is 0 Å². The van der Waals surface area contributed by atoms with Crippen LogP contribution in [0.4, 0.5) is 5.69 Å². The minimum Gasteiger partial charge on any atom is -0.278 e. The number of anilines is 1. The van der Waals surface area contributed by atoms with Gasteiger partial charge in [0.15, 0.2) is 0 Å². The van der Waals surface area contributed by atoms with Crippen LogP contribution in [0.5, 0.6) is 0 Å². The van der Waals surface area contributed by atoms with Crippen LogP contribution in [0.15, 0.2) is 90.0 Å². The second-order valence-electron chi connectivity index (χ2n) is 5.12. The number of hydrogen-bond donors (Lipinski definition) is 1. The lowest BCUT2D eigenvalue weighted by Gasteiger charge is -2.05. The largest absolute Gasteiger partial charge is 0.278 e. The van der Waals surface area contributed by atoms with Gasteiger partial charge in [0.05, 0.1) is 11.4 Å². The number of nitrogens with zero attached hydrogens (tertiary/aromatic N) is 1. The quantitative estimate of drug-likeness (QED) is 0.518. The first-order valence-electron chi connectivity index (χ1n) is 7.34. The van der Waals surface area contributed by atoms with Crippen LogP contribution >= 0.6 is 0 Å². The summed E-state index contributed by atoms with van der Waals surface area (Å²) in [6.45, 7) is 2.00. The Labute approximate surface area is 131 Å². The fourth-order valence-electron chi connectivity index (χ4n) is 2.26. The van der Waals surface area contributed by atoms with E-state index in [2.05, 4.69) is 59.1 Å². The smallest absolute Gasteiger partial charge is 0.0648 e. The Bertz CT molecular complexity index is 745. The van der Waals surface area contributed by atoms with Crippen LogP contribution in [-0.2, 0) is 0 Å². The van der Waals surface area contributed by atoms with Crippen LogP contribution in [0.1, 0.15) is 12.5 Å². The zero-order valence-electron chi connectivity index (χ0n) is 12.5. The van der Waals surface area contributed by atoms with Gasteiger partial charge in [-0.05, 0) is 35.7 Å². The molecule has 1 N–H and O–H groups in total. The summed E-state index contributed by atoms with van der Waals surface area (Å²) in [6.07, 6.45) is 0. The minimum absolute atomic E-state index is 0.965. The van der Waals surface area contributed by atoms with Gasteiger partial charge in [-0.15, -0.1) is 0 Å². The first-order chi connectivity index (χ1) is 10.8. The molecule has 3 aromatic carbocycles. The molecule has 0 saturated heterocycles. The summed E-state index contributed by atoms with van der Waals surface area (Å²) in [5.41, 5.74) is 8.60. The molecule has 108 valence electrons. The monoisotopic (exact) mass is 286 g/mol. The van der Waals surface area contributed by atoms with E-state index in [1.807, 2.05) is 43.3 Å². The van der Waals surface area contributed by atoms with Gasteiger partial charge in [-0.2, -0.15) is 5.10 Å². The third-order valence-electron chi connectivity index (χ3n) is 3.54. The number of nitrogens with one attached hydrogen (secondary N) is 1. The van der Waals surface area contributed by atoms with Gasteiger partial charge in [-0.3, -0.25) is 5.43 Å². The van der Waals surface area contributed by atoms with Crippen molar-refractivity contribution in [2.45, 2.75) is 6.92 Å². The standard InChI is InChI=1S/C20H18N2/c1-16(17-8-4-2-5-9-17)21-22-20-14-12-19(13-15-20)18-10-6-3-7-11-18/h2-15,22H,1H3.